The Morgan fingerprint density at radius 1 is 0.372 bits per heavy atom. The van der Waals surface area contributed by atoms with Crippen LogP contribution in [-0.2, 0) is 0 Å². The zero-order valence-electron chi connectivity index (χ0n) is 23.2. The van der Waals surface area contributed by atoms with Crippen LogP contribution in [0, 0.1) is 0 Å². The standard InChI is InChI=1S/C40H24N2O/c1-2-11-27(12-3-1)41-34-17-7-4-13-28(34)32-21-26-24-38-33(22-25(26)23-37(32)41)29-14-5-8-18-35(29)42(38)36-19-10-16-31-30-15-6-9-20-39(30)43-40(31)36/h1-24H. The van der Waals surface area contributed by atoms with E-state index >= 15 is 0 Å². The molecule has 43 heavy (non-hydrogen) atoms. The van der Waals surface area contributed by atoms with Crippen molar-refractivity contribution in [1.82, 2.24) is 9.13 Å². The van der Waals surface area contributed by atoms with Crippen molar-refractivity contribution >= 4 is 76.3 Å². The van der Waals surface area contributed by atoms with Crippen molar-refractivity contribution in [2.45, 2.75) is 0 Å². The van der Waals surface area contributed by atoms with E-state index in [0.717, 1.165) is 27.6 Å². The van der Waals surface area contributed by atoms with Crippen LogP contribution in [0.4, 0.5) is 0 Å². The molecule has 10 rings (SSSR count). The lowest BCUT2D eigenvalue weighted by Crippen LogP contribution is -1.94. The molecule has 3 aromatic heterocycles. The Bertz CT molecular complexity index is 2720. The van der Waals surface area contributed by atoms with Gasteiger partial charge in [0, 0.05) is 38.0 Å². The molecule has 10 aromatic rings. The zero-order chi connectivity index (χ0) is 28.1. The first kappa shape index (κ1) is 22.8. The Morgan fingerprint density at radius 2 is 0.930 bits per heavy atom. The molecule has 0 aliphatic rings. The summed E-state index contributed by atoms with van der Waals surface area (Å²) in [5, 5.41) is 9.71. The lowest BCUT2D eigenvalue weighted by atomic mass is 10.0. The molecule has 200 valence electrons. The Kier molecular flexibility index (Phi) is 4.45. The molecule has 0 N–H and O–H groups in total. The summed E-state index contributed by atoms with van der Waals surface area (Å²) in [7, 11) is 0. The number of hydrogen-bond acceptors (Lipinski definition) is 1. The Labute approximate surface area is 246 Å². The first-order valence-electron chi connectivity index (χ1n) is 14.7. The topological polar surface area (TPSA) is 23.0 Å². The van der Waals surface area contributed by atoms with Crippen LogP contribution in [0.1, 0.15) is 0 Å². The molecule has 7 aromatic carbocycles. The largest absolute Gasteiger partial charge is 0.454 e. The van der Waals surface area contributed by atoms with Crippen LogP contribution in [-0.4, -0.2) is 9.13 Å². The molecule has 0 saturated carbocycles. The molecule has 0 unspecified atom stereocenters. The lowest BCUT2D eigenvalue weighted by molar-refractivity contribution is 0.666. The van der Waals surface area contributed by atoms with Crippen molar-refractivity contribution < 1.29 is 4.42 Å². The Hall–Kier alpha value is -5.80. The van der Waals surface area contributed by atoms with Crippen molar-refractivity contribution in [2.75, 3.05) is 0 Å². The summed E-state index contributed by atoms with van der Waals surface area (Å²) in [6, 6.07) is 52.3. The van der Waals surface area contributed by atoms with Crippen molar-refractivity contribution in [2.24, 2.45) is 0 Å². The van der Waals surface area contributed by atoms with Gasteiger partial charge in [0.25, 0.3) is 0 Å². The van der Waals surface area contributed by atoms with Gasteiger partial charge in [0.1, 0.15) is 5.58 Å². The molecule has 0 aliphatic heterocycles. The third-order valence-corrected chi connectivity index (χ3v) is 9.06. The summed E-state index contributed by atoms with van der Waals surface area (Å²) >= 11 is 0. The molecule has 0 spiro atoms. The number of rotatable bonds is 2. The van der Waals surface area contributed by atoms with E-state index in [-0.39, 0.29) is 0 Å². The monoisotopic (exact) mass is 548 g/mol. The first-order valence-corrected chi connectivity index (χ1v) is 14.7. The van der Waals surface area contributed by atoms with Crippen LogP contribution in [0.5, 0.6) is 0 Å². The molecule has 0 aliphatic carbocycles. The van der Waals surface area contributed by atoms with Crippen molar-refractivity contribution in [3.05, 3.63) is 146 Å². The number of nitrogens with zero attached hydrogens (tertiary/aromatic N) is 2. The summed E-state index contributed by atoms with van der Waals surface area (Å²) < 4.78 is 11.3. The number of hydrogen-bond donors (Lipinski definition) is 0. The van der Waals surface area contributed by atoms with Crippen LogP contribution in [0.3, 0.4) is 0 Å². The molecule has 0 amide bonds. The van der Waals surface area contributed by atoms with Gasteiger partial charge in [-0.25, -0.2) is 0 Å². The molecule has 0 fully saturated rings. The van der Waals surface area contributed by atoms with Gasteiger partial charge in [0.2, 0.25) is 0 Å². The number of benzene rings is 7. The number of aromatic nitrogens is 2. The molecule has 0 radical (unpaired) electrons. The van der Waals surface area contributed by atoms with Gasteiger partial charge >= 0.3 is 0 Å². The minimum absolute atomic E-state index is 0.910. The maximum absolute atomic E-state index is 6.52. The molecule has 3 nitrogen and oxygen atoms in total. The molecule has 3 heteroatoms. The Morgan fingerprint density at radius 3 is 1.65 bits per heavy atom. The van der Waals surface area contributed by atoms with E-state index in [1.807, 2.05) is 6.07 Å². The summed E-state index contributed by atoms with van der Waals surface area (Å²) in [4.78, 5) is 0. The average molecular weight is 549 g/mol. The van der Waals surface area contributed by atoms with Crippen LogP contribution < -0.4 is 0 Å². The van der Waals surface area contributed by atoms with Gasteiger partial charge in [-0.1, -0.05) is 84.9 Å². The van der Waals surface area contributed by atoms with Gasteiger partial charge in [-0.2, -0.15) is 0 Å². The second-order valence-electron chi connectivity index (χ2n) is 11.4. The average Bonchev–Trinajstić information content (AvgIpc) is 3.70. The smallest absolute Gasteiger partial charge is 0.159 e. The number of para-hydroxylation sites is 5. The van der Waals surface area contributed by atoms with E-state index in [4.69, 9.17) is 4.42 Å². The molecule has 0 atom stereocenters. The van der Waals surface area contributed by atoms with Crippen LogP contribution in [0.25, 0.3) is 87.7 Å². The lowest BCUT2D eigenvalue weighted by Gasteiger charge is -2.10. The normalized spacial score (nSPS) is 12.2. The van der Waals surface area contributed by atoms with E-state index in [0.29, 0.717) is 0 Å². The molecule has 0 saturated heterocycles. The minimum Gasteiger partial charge on any atom is -0.454 e. The highest BCUT2D eigenvalue weighted by molar-refractivity contribution is 6.19. The van der Waals surface area contributed by atoms with Crippen molar-refractivity contribution in [3.8, 4) is 11.4 Å². The van der Waals surface area contributed by atoms with E-state index < -0.39 is 0 Å². The zero-order valence-corrected chi connectivity index (χ0v) is 23.2. The van der Waals surface area contributed by atoms with Crippen molar-refractivity contribution in [1.29, 1.82) is 0 Å². The van der Waals surface area contributed by atoms with Gasteiger partial charge in [-0.05, 0) is 71.4 Å². The molecular formula is C40H24N2O. The SMILES string of the molecule is c1ccc(-n2c3ccccc3c3cc4cc5c(cc4cc32)c2ccccc2n5-c2cccc3c2oc2ccccc23)cc1. The maximum atomic E-state index is 6.52. The Balaban J connectivity index is 1.34. The second kappa shape index (κ2) is 8.37. The highest BCUT2D eigenvalue weighted by Gasteiger charge is 2.19. The summed E-state index contributed by atoms with van der Waals surface area (Å²) in [6.45, 7) is 0. The summed E-state index contributed by atoms with van der Waals surface area (Å²) in [5.74, 6) is 0. The van der Waals surface area contributed by atoms with Gasteiger partial charge in [-0.15, -0.1) is 0 Å². The molecule has 3 heterocycles. The highest BCUT2D eigenvalue weighted by atomic mass is 16.3. The van der Waals surface area contributed by atoms with E-state index in [2.05, 4.69) is 149 Å². The second-order valence-corrected chi connectivity index (χ2v) is 11.4. The fourth-order valence-electron chi connectivity index (χ4n) is 7.20. The van der Waals surface area contributed by atoms with Crippen LogP contribution in [0.15, 0.2) is 150 Å². The quantitative estimate of drug-likeness (QED) is 0.211. The van der Waals surface area contributed by atoms with Crippen LogP contribution in [0.2, 0.25) is 0 Å². The minimum atomic E-state index is 0.910. The maximum Gasteiger partial charge on any atom is 0.159 e. The van der Waals surface area contributed by atoms with Gasteiger partial charge in [0.15, 0.2) is 5.58 Å². The molecule has 0 bridgehead atoms. The number of fused-ring (bicyclic) bond motifs is 10. The summed E-state index contributed by atoms with van der Waals surface area (Å²) in [6.07, 6.45) is 0. The third-order valence-electron chi connectivity index (χ3n) is 9.06. The van der Waals surface area contributed by atoms with Crippen molar-refractivity contribution in [3.63, 3.8) is 0 Å². The van der Waals surface area contributed by atoms with Gasteiger partial charge in [-0.3, -0.25) is 0 Å². The fraction of sp³-hybridized carbons (Fsp3) is 0. The van der Waals surface area contributed by atoms with E-state index in [1.165, 1.54) is 60.1 Å². The first-order chi connectivity index (χ1) is 21.3. The molecular weight excluding hydrogens is 524 g/mol. The highest BCUT2D eigenvalue weighted by Crippen LogP contribution is 2.41. The van der Waals surface area contributed by atoms with E-state index in [9.17, 15) is 0 Å². The van der Waals surface area contributed by atoms with Crippen LogP contribution >= 0.6 is 0 Å². The predicted octanol–water partition coefficient (Wildman–Crippen LogP) is 10.9. The fourth-order valence-corrected chi connectivity index (χ4v) is 7.20. The summed E-state index contributed by atoms with van der Waals surface area (Å²) in [5.41, 5.74) is 8.83. The van der Waals surface area contributed by atoms with Gasteiger partial charge < -0.3 is 13.6 Å². The van der Waals surface area contributed by atoms with E-state index in [1.54, 1.807) is 0 Å². The predicted molar refractivity (Wildman–Crippen MR) is 180 cm³/mol. The third kappa shape index (κ3) is 3.08. The number of furan rings is 1. The van der Waals surface area contributed by atoms with Gasteiger partial charge in [0.05, 0.1) is 27.8 Å².